The first-order valence-corrected chi connectivity index (χ1v) is 11.4. The van der Waals surface area contributed by atoms with Crippen LogP contribution < -0.4 is 15.8 Å². The zero-order valence-corrected chi connectivity index (χ0v) is 20.3. The molecule has 35 heavy (non-hydrogen) atoms. The summed E-state index contributed by atoms with van der Waals surface area (Å²) in [7, 11) is 0. The molecule has 0 atom stereocenters. The molecule has 0 saturated heterocycles. The molecule has 0 fully saturated rings. The molecule has 0 aliphatic heterocycles. The number of amides is 2. The Labute approximate surface area is 204 Å². The molecule has 7 heteroatoms. The van der Waals surface area contributed by atoms with Crippen LogP contribution in [0.1, 0.15) is 29.2 Å². The molecule has 4 aromatic rings. The number of nitrogens with one attached hydrogen (secondary N) is 1. The molecule has 0 bridgehead atoms. The molecule has 0 aliphatic carbocycles. The summed E-state index contributed by atoms with van der Waals surface area (Å²) in [6, 6.07) is 20.6. The van der Waals surface area contributed by atoms with E-state index in [4.69, 9.17) is 0 Å². The molecule has 0 spiro atoms. The van der Waals surface area contributed by atoms with E-state index < -0.39 is 5.56 Å². The van der Waals surface area contributed by atoms with Gasteiger partial charge < -0.3 is 5.32 Å². The molecule has 7 nitrogen and oxygen atoms in total. The number of rotatable bonds is 6. The summed E-state index contributed by atoms with van der Waals surface area (Å²) in [5.41, 5.74) is 5.20. The number of nitrogens with zero attached hydrogens (tertiary/aromatic N) is 3. The number of aromatic nitrogens is 2. The second-order valence-electron chi connectivity index (χ2n) is 8.71. The number of benzene rings is 3. The van der Waals surface area contributed by atoms with Gasteiger partial charge in [0.1, 0.15) is 6.54 Å². The summed E-state index contributed by atoms with van der Waals surface area (Å²) in [5, 5.41) is 2.90. The average Bonchev–Trinajstić information content (AvgIpc) is 2.82. The topological polar surface area (TPSA) is 84.3 Å². The quantitative estimate of drug-likeness (QED) is 0.451. The van der Waals surface area contributed by atoms with E-state index in [1.807, 2.05) is 69.3 Å². The van der Waals surface area contributed by atoms with E-state index in [0.717, 1.165) is 22.3 Å². The Balaban J connectivity index is 1.75. The highest BCUT2D eigenvalue weighted by atomic mass is 16.2. The maximum atomic E-state index is 13.6. The van der Waals surface area contributed by atoms with E-state index in [1.165, 1.54) is 16.4 Å². The van der Waals surface area contributed by atoms with Gasteiger partial charge in [-0.25, -0.2) is 4.98 Å². The van der Waals surface area contributed by atoms with Crippen LogP contribution in [0.5, 0.6) is 0 Å². The highest BCUT2D eigenvalue weighted by molar-refractivity contribution is 5.94. The Hall–Kier alpha value is -4.26. The summed E-state index contributed by atoms with van der Waals surface area (Å²) >= 11 is 0. The van der Waals surface area contributed by atoms with E-state index in [-0.39, 0.29) is 30.7 Å². The SMILES string of the molecule is CC(=O)N(Cc1ccccc1C)c1nc2ccccc2n(CC(=O)Nc2ccc(C)cc2C)c1=O. The van der Waals surface area contributed by atoms with Gasteiger partial charge in [-0.05, 0) is 55.7 Å². The average molecular weight is 469 g/mol. The molecule has 1 aromatic heterocycles. The van der Waals surface area contributed by atoms with E-state index in [2.05, 4.69) is 10.3 Å². The van der Waals surface area contributed by atoms with Crippen molar-refractivity contribution < 1.29 is 9.59 Å². The van der Waals surface area contributed by atoms with Crippen molar-refractivity contribution in [1.82, 2.24) is 9.55 Å². The number of fused-ring (bicyclic) bond motifs is 1. The molecule has 0 radical (unpaired) electrons. The maximum absolute atomic E-state index is 13.6. The summed E-state index contributed by atoms with van der Waals surface area (Å²) in [4.78, 5) is 45.2. The second-order valence-corrected chi connectivity index (χ2v) is 8.71. The van der Waals surface area contributed by atoms with Crippen LogP contribution in [0.3, 0.4) is 0 Å². The van der Waals surface area contributed by atoms with Gasteiger partial charge in [0.05, 0.1) is 17.6 Å². The third-order valence-electron chi connectivity index (χ3n) is 6.02. The van der Waals surface area contributed by atoms with Crippen LogP contribution in [-0.4, -0.2) is 21.4 Å². The van der Waals surface area contributed by atoms with E-state index in [9.17, 15) is 14.4 Å². The lowest BCUT2D eigenvalue weighted by molar-refractivity contribution is -0.117. The fourth-order valence-electron chi connectivity index (χ4n) is 4.09. The van der Waals surface area contributed by atoms with Crippen molar-refractivity contribution in [3.63, 3.8) is 0 Å². The van der Waals surface area contributed by atoms with Crippen molar-refractivity contribution in [3.8, 4) is 0 Å². The molecule has 4 rings (SSSR count). The number of para-hydroxylation sites is 2. The first-order valence-electron chi connectivity index (χ1n) is 11.4. The Bertz CT molecular complexity index is 1490. The minimum Gasteiger partial charge on any atom is -0.324 e. The van der Waals surface area contributed by atoms with Gasteiger partial charge in [0, 0.05) is 12.6 Å². The summed E-state index contributed by atoms with van der Waals surface area (Å²) < 4.78 is 1.38. The highest BCUT2D eigenvalue weighted by Crippen LogP contribution is 2.20. The van der Waals surface area contributed by atoms with Crippen molar-refractivity contribution in [1.29, 1.82) is 0 Å². The predicted octanol–water partition coefficient (Wildman–Crippen LogP) is 4.51. The second kappa shape index (κ2) is 9.93. The lowest BCUT2D eigenvalue weighted by atomic mass is 10.1. The smallest absolute Gasteiger partial charge is 0.294 e. The van der Waals surface area contributed by atoms with Crippen molar-refractivity contribution in [3.05, 3.63) is 99.3 Å². The Morgan fingerprint density at radius 2 is 1.66 bits per heavy atom. The number of hydrogen-bond acceptors (Lipinski definition) is 4. The molecule has 1 heterocycles. The third-order valence-corrected chi connectivity index (χ3v) is 6.02. The van der Waals surface area contributed by atoms with Crippen molar-refractivity contribution in [2.24, 2.45) is 0 Å². The summed E-state index contributed by atoms with van der Waals surface area (Å²) in [5.74, 6) is -0.646. The molecule has 0 saturated carbocycles. The molecule has 178 valence electrons. The van der Waals surface area contributed by atoms with E-state index in [0.29, 0.717) is 16.7 Å². The molecule has 3 aromatic carbocycles. The van der Waals surface area contributed by atoms with E-state index >= 15 is 0 Å². The van der Waals surface area contributed by atoms with Crippen LogP contribution in [0.4, 0.5) is 11.5 Å². The Morgan fingerprint density at radius 1 is 0.943 bits per heavy atom. The van der Waals surface area contributed by atoms with Crippen LogP contribution in [0, 0.1) is 20.8 Å². The van der Waals surface area contributed by atoms with Gasteiger partial charge in [-0.1, -0.05) is 54.1 Å². The minimum absolute atomic E-state index is 0.00114. The van der Waals surface area contributed by atoms with Crippen molar-refractivity contribution in [2.75, 3.05) is 10.2 Å². The summed E-state index contributed by atoms with van der Waals surface area (Å²) in [6.45, 7) is 7.27. The Morgan fingerprint density at radius 3 is 2.37 bits per heavy atom. The first kappa shape index (κ1) is 23.9. The molecule has 1 N–H and O–H groups in total. The van der Waals surface area contributed by atoms with Gasteiger partial charge in [0.15, 0.2) is 0 Å². The van der Waals surface area contributed by atoms with Crippen molar-refractivity contribution in [2.45, 2.75) is 40.8 Å². The zero-order chi connectivity index (χ0) is 25.1. The van der Waals surface area contributed by atoms with Gasteiger partial charge >= 0.3 is 0 Å². The molecule has 2 amide bonds. The number of carbonyl (C=O) groups is 2. The lowest BCUT2D eigenvalue weighted by Crippen LogP contribution is -2.38. The van der Waals surface area contributed by atoms with Crippen LogP contribution in [0.15, 0.2) is 71.5 Å². The van der Waals surface area contributed by atoms with Gasteiger partial charge in [0.2, 0.25) is 17.6 Å². The first-order chi connectivity index (χ1) is 16.7. The molecular weight excluding hydrogens is 440 g/mol. The number of anilines is 2. The normalized spacial score (nSPS) is 10.9. The predicted molar refractivity (Wildman–Crippen MR) is 139 cm³/mol. The van der Waals surface area contributed by atoms with Crippen LogP contribution in [0.2, 0.25) is 0 Å². The van der Waals surface area contributed by atoms with Crippen LogP contribution >= 0.6 is 0 Å². The number of hydrogen-bond donors (Lipinski definition) is 1. The van der Waals surface area contributed by atoms with Gasteiger partial charge in [-0.3, -0.25) is 23.9 Å². The van der Waals surface area contributed by atoms with Crippen LogP contribution in [-0.2, 0) is 22.7 Å². The lowest BCUT2D eigenvalue weighted by Gasteiger charge is -2.22. The standard InChI is InChI=1S/C28H28N4O3/c1-18-13-14-23(20(3)15-18)29-26(34)17-32-25-12-8-7-11-24(25)30-27(28(32)35)31(21(4)33)16-22-10-6-5-9-19(22)2/h5-15H,16-17H2,1-4H3,(H,29,34). The van der Waals surface area contributed by atoms with E-state index in [1.54, 1.807) is 18.2 Å². The van der Waals surface area contributed by atoms with Gasteiger partial charge in [0.25, 0.3) is 5.56 Å². The summed E-state index contributed by atoms with van der Waals surface area (Å²) in [6.07, 6.45) is 0. The number of carbonyl (C=O) groups excluding carboxylic acids is 2. The Kier molecular flexibility index (Phi) is 6.78. The zero-order valence-electron chi connectivity index (χ0n) is 20.3. The largest absolute Gasteiger partial charge is 0.324 e. The maximum Gasteiger partial charge on any atom is 0.294 e. The van der Waals surface area contributed by atoms with Gasteiger partial charge in [-0.2, -0.15) is 0 Å². The van der Waals surface area contributed by atoms with Crippen molar-refractivity contribution >= 4 is 34.4 Å². The highest BCUT2D eigenvalue weighted by Gasteiger charge is 2.22. The van der Waals surface area contributed by atoms with Crippen LogP contribution in [0.25, 0.3) is 11.0 Å². The molecular formula is C28H28N4O3. The molecule has 0 aliphatic rings. The molecule has 0 unspecified atom stereocenters. The van der Waals surface area contributed by atoms with Gasteiger partial charge in [-0.15, -0.1) is 0 Å². The third kappa shape index (κ3) is 5.14. The minimum atomic E-state index is -0.497. The number of aryl methyl sites for hydroxylation is 3. The monoisotopic (exact) mass is 468 g/mol. The fourth-order valence-corrected chi connectivity index (χ4v) is 4.09. The fraction of sp³-hybridized carbons (Fsp3) is 0.214.